The van der Waals surface area contributed by atoms with Crippen LogP contribution in [-0.2, 0) is 5.41 Å². The average Bonchev–Trinajstić information content (AvgIpc) is 3.78. The smallest absolute Gasteiger partial charge is 0.269 e. The van der Waals surface area contributed by atoms with Crippen LogP contribution in [0.4, 0.5) is 0 Å². The third kappa shape index (κ3) is 4.47. The molecule has 0 radical (unpaired) electrons. The normalized spacial score (nSPS) is 12.1. The minimum Gasteiger partial charge on any atom is -0.458 e. The Balaban J connectivity index is 1.17. The van der Waals surface area contributed by atoms with Crippen molar-refractivity contribution >= 4 is 39.0 Å². The van der Waals surface area contributed by atoms with Crippen LogP contribution in [0.5, 0.6) is 11.5 Å². The van der Waals surface area contributed by atoms with Crippen molar-refractivity contribution in [3.63, 3.8) is 0 Å². The number of imidazole rings is 3. The number of aromatic nitrogens is 6. The van der Waals surface area contributed by atoms with E-state index >= 15 is 0 Å². The van der Waals surface area contributed by atoms with Gasteiger partial charge in [0.2, 0.25) is 5.78 Å². The fourth-order valence-electron chi connectivity index (χ4n) is 6.66. The maximum Gasteiger partial charge on any atom is 0.269 e. The van der Waals surface area contributed by atoms with Crippen molar-refractivity contribution in [2.45, 2.75) is 26.2 Å². The molecule has 7 heteroatoms. The molecular formula is C41H32N6O. The van der Waals surface area contributed by atoms with Crippen LogP contribution in [0.2, 0.25) is 0 Å². The van der Waals surface area contributed by atoms with Gasteiger partial charge in [0.05, 0.1) is 33.4 Å². The number of hydrogen-bond acceptors (Lipinski definition) is 3. The topological polar surface area (TPSA) is 53.2 Å². The minimum atomic E-state index is -0.0872. The Hall–Kier alpha value is -6.21. The predicted octanol–water partition coefficient (Wildman–Crippen LogP) is 8.94. The lowest BCUT2D eigenvalue weighted by Crippen LogP contribution is -2.29. The van der Waals surface area contributed by atoms with Gasteiger partial charge in [-0.25, -0.2) is 9.97 Å². The number of hydrogen-bond donors (Lipinski definition) is 0. The first-order valence-electron chi connectivity index (χ1n) is 16.1. The fraction of sp³-hybridized carbons (Fsp3) is 0.0976. The second-order valence-corrected chi connectivity index (χ2v) is 13.0. The van der Waals surface area contributed by atoms with Crippen LogP contribution in [-0.4, -0.2) is 23.5 Å². The van der Waals surface area contributed by atoms with Gasteiger partial charge >= 0.3 is 0 Å². The van der Waals surface area contributed by atoms with Crippen LogP contribution >= 0.6 is 0 Å². The van der Waals surface area contributed by atoms with E-state index in [1.54, 1.807) is 0 Å². The summed E-state index contributed by atoms with van der Waals surface area (Å²) >= 11 is 0. The van der Waals surface area contributed by atoms with Gasteiger partial charge in [-0.3, -0.25) is 18.1 Å². The van der Waals surface area contributed by atoms with E-state index in [4.69, 9.17) is 14.7 Å². The lowest BCUT2D eigenvalue weighted by atomic mass is 9.87. The molecule has 0 aliphatic carbocycles. The highest BCUT2D eigenvalue weighted by atomic mass is 16.5. The molecule has 9 aromatic rings. The molecule has 0 aliphatic heterocycles. The lowest BCUT2D eigenvalue weighted by Gasteiger charge is -2.18. The predicted molar refractivity (Wildman–Crippen MR) is 190 cm³/mol. The van der Waals surface area contributed by atoms with Crippen molar-refractivity contribution in [3.05, 3.63) is 152 Å². The molecule has 4 aromatic heterocycles. The van der Waals surface area contributed by atoms with Crippen molar-refractivity contribution in [2.75, 3.05) is 0 Å². The molecule has 7 nitrogen and oxygen atoms in total. The van der Waals surface area contributed by atoms with Crippen LogP contribution in [0.1, 0.15) is 26.3 Å². The maximum atomic E-state index is 6.59. The zero-order valence-electron chi connectivity index (χ0n) is 26.9. The van der Waals surface area contributed by atoms with Gasteiger partial charge in [0, 0.05) is 18.0 Å². The highest BCUT2D eigenvalue weighted by molar-refractivity contribution is 5.92. The molecule has 0 bridgehead atoms. The van der Waals surface area contributed by atoms with E-state index in [1.165, 1.54) is 0 Å². The van der Waals surface area contributed by atoms with Gasteiger partial charge < -0.3 is 4.74 Å². The van der Waals surface area contributed by atoms with Gasteiger partial charge in [-0.15, -0.1) is 0 Å². The Morgan fingerprint density at radius 2 is 1.40 bits per heavy atom. The van der Waals surface area contributed by atoms with E-state index in [9.17, 15) is 0 Å². The molecule has 0 N–H and O–H groups in total. The maximum absolute atomic E-state index is 6.59. The number of nitrogens with zero attached hydrogens (tertiary/aromatic N) is 6. The van der Waals surface area contributed by atoms with Gasteiger partial charge in [0.1, 0.15) is 17.0 Å². The molecule has 5 aromatic carbocycles. The number of ether oxygens (including phenoxy) is 1. The summed E-state index contributed by atoms with van der Waals surface area (Å²) in [5.74, 6) is 2.27. The van der Waals surface area contributed by atoms with Crippen LogP contribution in [0.3, 0.4) is 0 Å². The number of benzene rings is 5. The molecule has 0 atom stereocenters. The Morgan fingerprint density at radius 3 is 2.21 bits per heavy atom. The van der Waals surface area contributed by atoms with Gasteiger partial charge in [0.15, 0.2) is 5.65 Å². The van der Waals surface area contributed by atoms with Gasteiger partial charge in [-0.2, -0.15) is 0 Å². The Morgan fingerprint density at radius 1 is 0.667 bits per heavy atom. The summed E-state index contributed by atoms with van der Waals surface area (Å²) in [5.41, 5.74) is 9.98. The van der Waals surface area contributed by atoms with Crippen molar-refractivity contribution in [3.8, 4) is 28.6 Å². The van der Waals surface area contributed by atoms with E-state index in [0.717, 1.165) is 73.1 Å². The molecule has 9 rings (SSSR count). The Bertz CT molecular complexity index is 2620. The minimum absolute atomic E-state index is 0.0872. The quantitative estimate of drug-likeness (QED) is 0.142. The van der Waals surface area contributed by atoms with Crippen molar-refractivity contribution in [1.82, 2.24) is 23.5 Å². The average molecular weight is 625 g/mol. The first-order valence-corrected chi connectivity index (χ1v) is 16.1. The molecule has 4 heterocycles. The van der Waals surface area contributed by atoms with E-state index < -0.39 is 0 Å². The number of pyridine rings is 1. The van der Waals surface area contributed by atoms with E-state index in [-0.39, 0.29) is 5.41 Å². The lowest BCUT2D eigenvalue weighted by molar-refractivity contribution is -0.572. The fourth-order valence-corrected chi connectivity index (χ4v) is 6.66. The zero-order valence-corrected chi connectivity index (χ0v) is 26.9. The van der Waals surface area contributed by atoms with Gasteiger partial charge in [-0.05, 0) is 71.6 Å². The number of rotatable bonds is 5. The third-order valence-corrected chi connectivity index (χ3v) is 8.87. The summed E-state index contributed by atoms with van der Waals surface area (Å²) in [6, 6.07) is 45.4. The second kappa shape index (κ2) is 10.7. The molecule has 0 fully saturated rings. The van der Waals surface area contributed by atoms with E-state index in [0.29, 0.717) is 0 Å². The second-order valence-electron chi connectivity index (χ2n) is 13.0. The molecule has 232 valence electrons. The largest absolute Gasteiger partial charge is 0.458 e. The summed E-state index contributed by atoms with van der Waals surface area (Å²) in [6.07, 6.45) is 5.45. The van der Waals surface area contributed by atoms with Crippen LogP contribution in [0, 0.1) is 6.33 Å². The first-order chi connectivity index (χ1) is 23.4. The molecular weight excluding hydrogens is 592 g/mol. The van der Waals surface area contributed by atoms with Crippen LogP contribution < -0.4 is 9.30 Å². The number of para-hydroxylation sites is 4. The van der Waals surface area contributed by atoms with Crippen molar-refractivity contribution < 1.29 is 9.30 Å². The van der Waals surface area contributed by atoms with Crippen LogP contribution in [0.25, 0.3) is 56.1 Å². The SMILES string of the molecule is CC(C)(C)c1ccnc2c1nc1n(-c3ccccc3)c3ccc(Oc4cccc(-n5[c-][n+](-c6ccccc6)c6ccccc65)c4)cc3n21. The molecule has 0 saturated carbocycles. The monoisotopic (exact) mass is 624 g/mol. The summed E-state index contributed by atoms with van der Waals surface area (Å²) < 4.78 is 15.1. The third-order valence-electron chi connectivity index (χ3n) is 8.87. The van der Waals surface area contributed by atoms with Crippen molar-refractivity contribution in [1.29, 1.82) is 0 Å². The highest BCUT2D eigenvalue weighted by Gasteiger charge is 2.24. The molecule has 0 unspecified atom stereocenters. The highest BCUT2D eigenvalue weighted by Crippen LogP contribution is 2.35. The molecule has 0 amide bonds. The summed E-state index contributed by atoms with van der Waals surface area (Å²) in [6.45, 7) is 6.64. The Labute approximate surface area is 277 Å². The van der Waals surface area contributed by atoms with Crippen LogP contribution in [0.15, 0.2) is 140 Å². The first kappa shape index (κ1) is 28.0. The van der Waals surface area contributed by atoms with E-state index in [1.807, 2.05) is 48.7 Å². The number of fused-ring (bicyclic) bond motifs is 6. The summed E-state index contributed by atoms with van der Waals surface area (Å²) in [5, 5.41) is 0. The van der Waals surface area contributed by atoms with Crippen molar-refractivity contribution in [2.24, 2.45) is 0 Å². The van der Waals surface area contributed by atoms with Gasteiger partial charge in [-0.1, -0.05) is 87.5 Å². The van der Waals surface area contributed by atoms with Gasteiger partial charge in [0.25, 0.3) is 6.33 Å². The molecule has 0 saturated heterocycles. The Kier molecular flexibility index (Phi) is 6.24. The summed E-state index contributed by atoms with van der Waals surface area (Å²) in [7, 11) is 0. The molecule has 0 aliphatic rings. The zero-order chi connectivity index (χ0) is 32.4. The summed E-state index contributed by atoms with van der Waals surface area (Å²) in [4.78, 5) is 10.1. The standard InChI is InChI=1S/C41H32N6O/c1-41(2,3)33-23-24-42-39-38(33)43-40-46(29-15-8-5-9-16-29)36-22-21-32(26-37(36)47(39)40)48-31-18-12-17-30(25-31)45-27-44(28-13-6-4-7-14-28)34-19-10-11-20-35(34)45/h4-26H,1-3H3. The molecule has 0 spiro atoms. The molecule has 48 heavy (non-hydrogen) atoms. The van der Waals surface area contributed by atoms with E-state index in [2.05, 4.69) is 136 Å².